The molecule has 0 aliphatic rings. The first-order chi connectivity index (χ1) is 15.6. The highest BCUT2D eigenvalue weighted by Crippen LogP contribution is 2.40. The van der Waals surface area contributed by atoms with Crippen molar-refractivity contribution < 1.29 is 28.8 Å². The smallest absolute Gasteiger partial charge is 0.303 e. The number of alkyl halides is 1. The molecule has 0 saturated carbocycles. The zero-order valence-electron chi connectivity index (χ0n) is 19.1. The van der Waals surface area contributed by atoms with E-state index in [0.29, 0.717) is 21.5 Å². The van der Waals surface area contributed by atoms with Crippen molar-refractivity contribution in [2.75, 3.05) is 32.8 Å². The summed E-state index contributed by atoms with van der Waals surface area (Å²) in [7, 11) is 1.52. The molecule has 0 aromatic heterocycles. The van der Waals surface area contributed by atoms with Crippen molar-refractivity contribution in [3.05, 3.63) is 57.6 Å². The largest absolute Gasteiger partial charge is 0.491 e. The Morgan fingerprint density at radius 2 is 1.61 bits per heavy atom. The molecule has 0 unspecified atom stereocenters. The van der Waals surface area contributed by atoms with Gasteiger partial charge in [0.2, 0.25) is 0 Å². The van der Waals surface area contributed by atoms with Crippen LogP contribution < -0.4 is 9.47 Å². The van der Waals surface area contributed by atoms with Crippen LogP contribution in [-0.2, 0) is 19.7 Å². The molecule has 0 amide bonds. The summed E-state index contributed by atoms with van der Waals surface area (Å²) >= 11 is 18.8. The Morgan fingerprint density at radius 1 is 1.00 bits per heavy atom. The van der Waals surface area contributed by atoms with Crippen molar-refractivity contribution >= 4 is 40.8 Å². The van der Waals surface area contributed by atoms with Gasteiger partial charge in [-0.05, 0) is 35.4 Å². The van der Waals surface area contributed by atoms with Gasteiger partial charge in [0.05, 0.1) is 22.5 Å². The van der Waals surface area contributed by atoms with Crippen LogP contribution in [0.15, 0.2) is 36.4 Å². The maximum absolute atomic E-state index is 11.1. The molecule has 182 valence electrons. The van der Waals surface area contributed by atoms with Crippen LogP contribution in [0.25, 0.3) is 0 Å². The number of carbonyl (C=O) groups excluding carboxylic acids is 1. The van der Waals surface area contributed by atoms with Crippen LogP contribution in [0.1, 0.15) is 31.9 Å². The minimum atomic E-state index is -0.690. The molecule has 0 bridgehead atoms. The van der Waals surface area contributed by atoms with Crippen LogP contribution >= 0.6 is 34.8 Å². The van der Waals surface area contributed by atoms with E-state index in [9.17, 15) is 9.90 Å². The summed E-state index contributed by atoms with van der Waals surface area (Å²) in [6.07, 6.45) is -1.30. The van der Waals surface area contributed by atoms with E-state index in [4.69, 9.17) is 53.8 Å². The topological polar surface area (TPSA) is 74.2 Å². The number of aliphatic hydroxyl groups excluding tert-OH is 1. The standard InChI is InChI=1S/C24H29Cl3O6/c1-15(28)33-20(11-25)14-32-23-21(26)9-17(10-22(23)27)24(2,3)16-5-7-19(8-6-16)31-13-18(29)12-30-4/h5-10,18,20,29H,11-14H2,1-4H3/t18-,20+/m0/s1. The maximum atomic E-state index is 11.1. The van der Waals surface area contributed by atoms with Crippen molar-refractivity contribution in [1.29, 1.82) is 0 Å². The van der Waals surface area contributed by atoms with E-state index in [2.05, 4.69) is 13.8 Å². The SMILES string of the molecule is COC[C@H](O)COc1ccc(C(C)(C)c2cc(Cl)c(OC[C@@H](CCl)OC(C)=O)c(Cl)c2)cc1. The Hall–Kier alpha value is -1.70. The lowest BCUT2D eigenvalue weighted by Gasteiger charge is -2.27. The lowest BCUT2D eigenvalue weighted by molar-refractivity contribution is -0.146. The summed E-state index contributed by atoms with van der Waals surface area (Å²) in [6, 6.07) is 11.2. The molecule has 0 radical (unpaired) electrons. The number of esters is 1. The monoisotopic (exact) mass is 518 g/mol. The van der Waals surface area contributed by atoms with E-state index in [1.165, 1.54) is 14.0 Å². The van der Waals surface area contributed by atoms with Gasteiger partial charge in [0.25, 0.3) is 0 Å². The zero-order valence-corrected chi connectivity index (χ0v) is 21.3. The molecule has 0 fully saturated rings. The number of aliphatic hydroxyl groups is 1. The third kappa shape index (κ3) is 7.94. The first kappa shape index (κ1) is 27.5. The van der Waals surface area contributed by atoms with E-state index in [-0.39, 0.29) is 25.7 Å². The highest BCUT2D eigenvalue weighted by Gasteiger charge is 2.26. The molecule has 0 aliphatic heterocycles. The second-order valence-corrected chi connectivity index (χ2v) is 9.16. The molecule has 0 spiro atoms. The molecule has 9 heteroatoms. The number of benzene rings is 2. The second-order valence-electron chi connectivity index (χ2n) is 8.04. The number of methoxy groups -OCH3 is 1. The van der Waals surface area contributed by atoms with Crippen molar-refractivity contribution in [2.45, 2.75) is 38.4 Å². The fourth-order valence-electron chi connectivity index (χ4n) is 3.15. The fraction of sp³-hybridized carbons (Fsp3) is 0.458. The van der Waals surface area contributed by atoms with Crippen molar-refractivity contribution in [2.24, 2.45) is 0 Å². The third-order valence-electron chi connectivity index (χ3n) is 5.02. The van der Waals surface area contributed by atoms with Crippen LogP contribution in [0.4, 0.5) is 0 Å². The highest BCUT2D eigenvalue weighted by molar-refractivity contribution is 6.37. The fourth-order valence-corrected chi connectivity index (χ4v) is 3.90. The van der Waals surface area contributed by atoms with Gasteiger partial charge in [0.15, 0.2) is 5.75 Å². The first-order valence-corrected chi connectivity index (χ1v) is 11.6. The van der Waals surface area contributed by atoms with E-state index in [0.717, 1.165) is 11.1 Å². The molecular weight excluding hydrogens is 491 g/mol. The summed E-state index contributed by atoms with van der Waals surface area (Å²) in [5.74, 6) is 0.594. The average molecular weight is 520 g/mol. The molecule has 1 N–H and O–H groups in total. The van der Waals surface area contributed by atoms with Gasteiger partial charge in [-0.1, -0.05) is 49.2 Å². The molecule has 2 aromatic carbocycles. The minimum Gasteiger partial charge on any atom is -0.491 e. The van der Waals surface area contributed by atoms with Gasteiger partial charge in [-0.3, -0.25) is 4.79 Å². The molecule has 2 rings (SSSR count). The van der Waals surface area contributed by atoms with Gasteiger partial charge in [-0.15, -0.1) is 11.6 Å². The maximum Gasteiger partial charge on any atom is 0.303 e. The predicted molar refractivity (Wildman–Crippen MR) is 130 cm³/mol. The van der Waals surface area contributed by atoms with Crippen molar-refractivity contribution in [3.8, 4) is 11.5 Å². The van der Waals surface area contributed by atoms with Gasteiger partial charge in [-0.2, -0.15) is 0 Å². The lowest BCUT2D eigenvalue weighted by Crippen LogP contribution is -2.26. The predicted octanol–water partition coefficient (Wildman–Crippen LogP) is 5.25. The summed E-state index contributed by atoms with van der Waals surface area (Å²) in [4.78, 5) is 11.1. The Bertz CT molecular complexity index is 894. The third-order valence-corrected chi connectivity index (χ3v) is 5.92. The molecule has 6 nitrogen and oxygen atoms in total. The number of ether oxygens (including phenoxy) is 4. The second kappa shape index (κ2) is 12.7. The Kier molecular flexibility index (Phi) is 10.6. The van der Waals surface area contributed by atoms with Crippen LogP contribution in [0, 0.1) is 0 Å². The Balaban J connectivity index is 2.14. The van der Waals surface area contributed by atoms with Gasteiger partial charge < -0.3 is 24.1 Å². The highest BCUT2D eigenvalue weighted by atomic mass is 35.5. The molecule has 2 aromatic rings. The number of rotatable bonds is 12. The molecule has 33 heavy (non-hydrogen) atoms. The lowest BCUT2D eigenvalue weighted by atomic mass is 9.78. The van der Waals surface area contributed by atoms with Gasteiger partial charge >= 0.3 is 5.97 Å². The van der Waals surface area contributed by atoms with E-state index in [1.54, 1.807) is 12.1 Å². The number of halogens is 3. The van der Waals surface area contributed by atoms with E-state index >= 15 is 0 Å². The van der Waals surface area contributed by atoms with Gasteiger partial charge in [0.1, 0.15) is 31.2 Å². The van der Waals surface area contributed by atoms with Crippen LogP contribution in [0.3, 0.4) is 0 Å². The van der Waals surface area contributed by atoms with Crippen molar-refractivity contribution in [1.82, 2.24) is 0 Å². The number of carbonyl (C=O) groups is 1. The Morgan fingerprint density at radius 3 is 2.12 bits per heavy atom. The van der Waals surface area contributed by atoms with Gasteiger partial charge in [-0.25, -0.2) is 0 Å². The first-order valence-electron chi connectivity index (χ1n) is 10.3. The summed E-state index contributed by atoms with van der Waals surface area (Å²) in [6.45, 7) is 5.80. The van der Waals surface area contributed by atoms with Crippen LogP contribution in [0.2, 0.25) is 10.0 Å². The van der Waals surface area contributed by atoms with Crippen LogP contribution in [0.5, 0.6) is 11.5 Å². The summed E-state index contributed by atoms with van der Waals surface area (Å²) in [5, 5.41) is 10.4. The quantitative estimate of drug-likeness (QED) is 0.305. The molecule has 2 atom stereocenters. The van der Waals surface area contributed by atoms with E-state index < -0.39 is 23.6 Å². The molecule has 0 saturated heterocycles. The molecular formula is C24H29Cl3O6. The van der Waals surface area contributed by atoms with Gasteiger partial charge in [0, 0.05) is 19.4 Å². The normalized spacial score (nSPS) is 13.3. The van der Waals surface area contributed by atoms with E-state index in [1.807, 2.05) is 24.3 Å². The number of hydrogen-bond donors (Lipinski definition) is 1. The van der Waals surface area contributed by atoms with Crippen LogP contribution in [-0.4, -0.2) is 56.1 Å². The molecule has 0 aliphatic carbocycles. The summed E-state index contributed by atoms with van der Waals surface area (Å²) in [5.41, 5.74) is 1.49. The number of hydrogen-bond acceptors (Lipinski definition) is 6. The zero-order chi connectivity index (χ0) is 24.6. The molecule has 0 heterocycles. The van der Waals surface area contributed by atoms with Crippen molar-refractivity contribution in [3.63, 3.8) is 0 Å². The average Bonchev–Trinajstić information content (AvgIpc) is 2.76. The summed E-state index contributed by atoms with van der Waals surface area (Å²) < 4.78 is 21.3. The Labute approximate surface area is 209 Å². The minimum absolute atomic E-state index is 0.0335.